The first kappa shape index (κ1) is 41.6. The normalized spacial score (nSPS) is 12.3. The number of rotatable bonds is 10. The Balaban J connectivity index is 1.33. The maximum atomic E-state index is 6.36. The molecule has 0 saturated carbocycles. The third-order valence-electron chi connectivity index (χ3n) is 10.5. The van der Waals surface area contributed by atoms with Gasteiger partial charge in [-0.15, -0.1) is 5.10 Å². The summed E-state index contributed by atoms with van der Waals surface area (Å²) in [6.45, 7) is 21.7. The number of hydrogen-bond acceptors (Lipinski definition) is 4. The molecule has 288 valence electrons. The first-order chi connectivity index (χ1) is 26.5. The van der Waals surface area contributed by atoms with Crippen molar-refractivity contribution in [1.29, 1.82) is 0 Å². The van der Waals surface area contributed by atoms with Crippen LogP contribution < -0.4 is 4.74 Å². The predicted octanol–water partition coefficient (Wildman–Crippen LogP) is 12.4. The van der Waals surface area contributed by atoms with E-state index in [1.54, 1.807) is 12.4 Å². The standard InChI is InChI=1S/C49H52I2N4O/c1-46(2,3)36-11-17-39(18-12-36)49(40-19-13-37(14-20-40)47(4,5)6,41-21-15-38(16-22-41)48(7,8)9)42-23-25-43(26-24-42)56-30-10-29-55-45(51)44(53-54-55)35-31-34(27-28-50)32-52-33-35/h11-26,31-33H,10,29-30H2,1-9H3. The lowest BCUT2D eigenvalue weighted by atomic mass is 9.64. The summed E-state index contributed by atoms with van der Waals surface area (Å²) >= 11 is 4.35. The SMILES string of the molecule is CC(C)(C)c1ccc(C(c2ccc(OCCCn3nnc(-c4cncc(C#CI)c4)c3I)cc2)(c2ccc(C(C)(C)C)cc2)c2ccc(C(C)(C)C)cc2)cc1. The highest BCUT2D eigenvalue weighted by atomic mass is 127. The first-order valence-electron chi connectivity index (χ1n) is 19.2. The second kappa shape index (κ2) is 16.8. The number of ether oxygens (including phenoxy) is 1. The fraction of sp³-hybridized carbons (Fsp3) is 0.327. The predicted molar refractivity (Wildman–Crippen MR) is 248 cm³/mol. The van der Waals surface area contributed by atoms with Crippen LogP contribution in [-0.2, 0) is 28.2 Å². The Bertz CT molecular complexity index is 2170. The minimum Gasteiger partial charge on any atom is -0.494 e. The molecule has 0 bridgehead atoms. The summed E-state index contributed by atoms with van der Waals surface area (Å²) in [6.07, 6.45) is 4.34. The molecule has 2 aromatic heterocycles. The lowest BCUT2D eigenvalue weighted by molar-refractivity contribution is 0.297. The zero-order valence-electron chi connectivity index (χ0n) is 34.0. The molecule has 5 nitrogen and oxygen atoms in total. The number of nitrogens with zero attached hydrogens (tertiary/aromatic N) is 4. The quantitative estimate of drug-likeness (QED) is 0.0594. The Morgan fingerprint density at radius 1 is 0.607 bits per heavy atom. The first-order valence-corrected chi connectivity index (χ1v) is 21.4. The number of benzene rings is 4. The summed E-state index contributed by atoms with van der Waals surface area (Å²) in [5.74, 6) is 3.90. The Kier molecular flexibility index (Phi) is 12.5. The summed E-state index contributed by atoms with van der Waals surface area (Å²) in [6, 6.07) is 38.6. The van der Waals surface area contributed by atoms with Gasteiger partial charge in [0.25, 0.3) is 0 Å². The molecular weight excluding hydrogens is 914 g/mol. The zero-order valence-corrected chi connectivity index (χ0v) is 38.4. The second-order valence-corrected chi connectivity index (χ2v) is 19.2. The van der Waals surface area contributed by atoms with Crippen LogP contribution in [0.3, 0.4) is 0 Å². The van der Waals surface area contributed by atoms with E-state index in [9.17, 15) is 0 Å². The van der Waals surface area contributed by atoms with Gasteiger partial charge in [0.15, 0.2) is 0 Å². The van der Waals surface area contributed by atoms with E-state index < -0.39 is 5.41 Å². The van der Waals surface area contributed by atoms with E-state index in [1.807, 2.05) is 33.3 Å². The Labute approximate surface area is 361 Å². The van der Waals surface area contributed by atoms with Gasteiger partial charge in [0.05, 0.1) is 12.0 Å². The molecule has 0 spiro atoms. The zero-order chi connectivity index (χ0) is 40.3. The van der Waals surface area contributed by atoms with Crippen LogP contribution in [-0.4, -0.2) is 26.6 Å². The van der Waals surface area contributed by atoms with Crippen molar-refractivity contribution in [3.8, 4) is 26.9 Å². The van der Waals surface area contributed by atoms with Crippen LogP contribution in [0.4, 0.5) is 0 Å². The molecule has 0 aliphatic carbocycles. The molecule has 0 atom stereocenters. The summed E-state index contributed by atoms with van der Waals surface area (Å²) in [5, 5.41) is 8.89. The number of aryl methyl sites for hydroxylation is 1. The highest BCUT2D eigenvalue weighted by Gasteiger charge is 2.39. The van der Waals surface area contributed by atoms with Crippen LogP contribution in [0.1, 0.15) is 113 Å². The monoisotopic (exact) mass is 966 g/mol. The van der Waals surface area contributed by atoms with Crippen molar-refractivity contribution in [3.05, 3.63) is 164 Å². The summed E-state index contributed by atoms with van der Waals surface area (Å²) in [7, 11) is 0. The van der Waals surface area contributed by atoms with E-state index in [0.717, 1.165) is 32.7 Å². The van der Waals surface area contributed by atoms with Crippen molar-refractivity contribution in [1.82, 2.24) is 20.0 Å². The fourth-order valence-electron chi connectivity index (χ4n) is 7.18. The summed E-state index contributed by atoms with van der Waals surface area (Å²) in [5.41, 5.74) is 11.0. The topological polar surface area (TPSA) is 52.8 Å². The Morgan fingerprint density at radius 3 is 1.46 bits per heavy atom. The van der Waals surface area contributed by atoms with Gasteiger partial charge < -0.3 is 4.74 Å². The van der Waals surface area contributed by atoms with Gasteiger partial charge in [0, 0.05) is 59.1 Å². The minimum atomic E-state index is -0.568. The van der Waals surface area contributed by atoms with Crippen molar-refractivity contribution in [3.63, 3.8) is 0 Å². The molecule has 0 radical (unpaired) electrons. The number of aromatic nitrogens is 4. The molecule has 4 aromatic carbocycles. The van der Waals surface area contributed by atoms with Gasteiger partial charge in [-0.25, -0.2) is 4.68 Å². The van der Waals surface area contributed by atoms with Gasteiger partial charge in [-0.2, -0.15) is 0 Å². The maximum Gasteiger partial charge on any atom is 0.128 e. The van der Waals surface area contributed by atoms with Crippen molar-refractivity contribution < 1.29 is 4.74 Å². The number of halogens is 2. The lowest BCUT2D eigenvalue weighted by Crippen LogP contribution is -2.31. The average Bonchev–Trinajstić information content (AvgIpc) is 3.53. The van der Waals surface area contributed by atoms with Crippen LogP contribution >= 0.6 is 45.2 Å². The lowest BCUT2D eigenvalue weighted by Gasteiger charge is -2.38. The average molecular weight is 967 g/mol. The van der Waals surface area contributed by atoms with Gasteiger partial charge in [0.1, 0.15) is 15.1 Å². The molecule has 0 amide bonds. The van der Waals surface area contributed by atoms with Crippen molar-refractivity contribution in [2.45, 2.75) is 96.9 Å². The van der Waals surface area contributed by atoms with E-state index in [0.29, 0.717) is 13.2 Å². The molecular formula is C49H52I2N4O. The van der Waals surface area contributed by atoms with Crippen LogP contribution in [0.15, 0.2) is 116 Å². The van der Waals surface area contributed by atoms with Crippen LogP contribution in [0.25, 0.3) is 11.3 Å². The molecule has 7 heteroatoms. The molecule has 6 rings (SSSR count). The van der Waals surface area contributed by atoms with Crippen LogP contribution in [0.5, 0.6) is 5.75 Å². The van der Waals surface area contributed by atoms with E-state index in [2.05, 4.69) is 207 Å². The van der Waals surface area contributed by atoms with E-state index in [-0.39, 0.29) is 16.2 Å². The molecule has 0 fully saturated rings. The molecule has 6 aromatic rings. The van der Waals surface area contributed by atoms with Gasteiger partial charge in [-0.1, -0.05) is 158 Å². The highest BCUT2D eigenvalue weighted by Crippen LogP contribution is 2.47. The molecule has 0 saturated heterocycles. The third-order valence-corrected chi connectivity index (χ3v) is 11.8. The Morgan fingerprint density at radius 2 is 1.04 bits per heavy atom. The Hall–Kier alpha value is -4.01. The maximum absolute atomic E-state index is 6.36. The third kappa shape index (κ3) is 9.07. The van der Waals surface area contributed by atoms with Gasteiger partial charge >= 0.3 is 0 Å². The van der Waals surface area contributed by atoms with Crippen molar-refractivity contribution >= 4 is 45.2 Å². The fourth-order valence-corrected chi connectivity index (χ4v) is 8.25. The van der Waals surface area contributed by atoms with Gasteiger partial charge in [0.2, 0.25) is 0 Å². The largest absolute Gasteiger partial charge is 0.494 e. The molecule has 56 heavy (non-hydrogen) atoms. The molecule has 0 N–H and O–H groups in total. The smallest absolute Gasteiger partial charge is 0.128 e. The van der Waals surface area contributed by atoms with Crippen molar-refractivity contribution in [2.75, 3.05) is 6.61 Å². The minimum absolute atomic E-state index is 0.0461. The second-order valence-electron chi connectivity index (χ2n) is 17.6. The molecule has 0 unspecified atom stereocenters. The molecule has 2 heterocycles. The van der Waals surface area contributed by atoms with E-state index >= 15 is 0 Å². The summed E-state index contributed by atoms with van der Waals surface area (Å²) < 4.78 is 12.1. The van der Waals surface area contributed by atoms with Gasteiger partial charge in [-0.05, 0) is 99.9 Å². The summed E-state index contributed by atoms with van der Waals surface area (Å²) in [4.78, 5) is 4.34. The van der Waals surface area contributed by atoms with Crippen LogP contribution in [0.2, 0.25) is 0 Å². The highest BCUT2D eigenvalue weighted by molar-refractivity contribution is 14.1. The van der Waals surface area contributed by atoms with Crippen molar-refractivity contribution in [2.24, 2.45) is 0 Å². The van der Waals surface area contributed by atoms with E-state index in [1.165, 1.54) is 38.9 Å². The van der Waals surface area contributed by atoms with E-state index in [4.69, 9.17) is 4.74 Å². The molecule has 0 aliphatic heterocycles. The van der Waals surface area contributed by atoms with Crippen LogP contribution in [0, 0.1) is 13.5 Å². The molecule has 0 aliphatic rings. The number of pyridine rings is 1. The number of hydrogen-bond donors (Lipinski definition) is 0. The van der Waals surface area contributed by atoms with Gasteiger partial charge in [-0.3, -0.25) is 4.98 Å².